The van der Waals surface area contributed by atoms with Crippen LogP contribution in [0.15, 0.2) is 0 Å². The minimum Gasteiger partial charge on any atom is -0.481 e. The molecule has 0 saturated carbocycles. The van der Waals surface area contributed by atoms with Gasteiger partial charge in [-0.25, -0.2) is 4.79 Å². The standard InChI is InChI=1S/C11H20N2O5/c1-2-3-4-8(11(17)18)13-10(16)7(12)5-6-9(14)15/h7-8H,2-6,12H2,1H3,(H,13,16)(H,14,15)(H,17,18)/t7-,8-/m0/s1. The van der Waals surface area contributed by atoms with Crippen molar-refractivity contribution in [2.75, 3.05) is 0 Å². The van der Waals surface area contributed by atoms with Crippen LogP contribution in [0.5, 0.6) is 0 Å². The molecule has 0 radical (unpaired) electrons. The molecule has 0 aliphatic carbocycles. The van der Waals surface area contributed by atoms with E-state index in [1.165, 1.54) is 0 Å². The van der Waals surface area contributed by atoms with Crippen molar-refractivity contribution in [2.24, 2.45) is 5.73 Å². The summed E-state index contributed by atoms with van der Waals surface area (Å²) in [5.41, 5.74) is 5.47. The average Bonchev–Trinajstić information content (AvgIpc) is 2.30. The van der Waals surface area contributed by atoms with Gasteiger partial charge < -0.3 is 21.3 Å². The number of amides is 1. The van der Waals surface area contributed by atoms with E-state index in [-0.39, 0.29) is 12.8 Å². The third-order valence-electron chi connectivity index (χ3n) is 2.47. The number of carbonyl (C=O) groups excluding carboxylic acids is 1. The predicted octanol–water partition coefficient (Wildman–Crippen LogP) is -0.0619. The van der Waals surface area contributed by atoms with E-state index in [9.17, 15) is 14.4 Å². The highest BCUT2D eigenvalue weighted by Crippen LogP contribution is 2.02. The number of nitrogens with one attached hydrogen (secondary N) is 1. The minimum atomic E-state index is -1.11. The molecule has 0 spiro atoms. The van der Waals surface area contributed by atoms with Gasteiger partial charge in [-0.15, -0.1) is 0 Å². The molecule has 0 bridgehead atoms. The second-order valence-electron chi connectivity index (χ2n) is 4.08. The fourth-order valence-corrected chi connectivity index (χ4v) is 1.35. The van der Waals surface area contributed by atoms with Gasteiger partial charge in [-0.05, 0) is 12.8 Å². The maximum absolute atomic E-state index is 11.5. The number of carboxylic acids is 2. The Hall–Kier alpha value is -1.63. The molecule has 0 fully saturated rings. The summed E-state index contributed by atoms with van der Waals surface area (Å²) in [6.07, 6.45) is 1.61. The molecule has 7 nitrogen and oxygen atoms in total. The van der Waals surface area contributed by atoms with Gasteiger partial charge in [0.15, 0.2) is 0 Å². The third kappa shape index (κ3) is 6.85. The SMILES string of the molecule is CCCC[C@H](NC(=O)[C@@H](N)CCC(=O)O)C(=O)O. The lowest BCUT2D eigenvalue weighted by molar-refractivity contribution is -0.142. The highest BCUT2D eigenvalue weighted by Gasteiger charge is 2.22. The summed E-state index contributed by atoms with van der Waals surface area (Å²) >= 11 is 0. The van der Waals surface area contributed by atoms with Gasteiger partial charge >= 0.3 is 11.9 Å². The van der Waals surface area contributed by atoms with Crippen molar-refractivity contribution in [3.05, 3.63) is 0 Å². The molecule has 2 atom stereocenters. The van der Waals surface area contributed by atoms with Gasteiger partial charge in [0.25, 0.3) is 0 Å². The molecule has 0 heterocycles. The normalized spacial score (nSPS) is 13.7. The number of unbranched alkanes of at least 4 members (excludes halogenated alkanes) is 1. The molecule has 104 valence electrons. The average molecular weight is 260 g/mol. The quantitative estimate of drug-likeness (QED) is 0.459. The van der Waals surface area contributed by atoms with Crippen molar-refractivity contribution >= 4 is 17.8 Å². The monoisotopic (exact) mass is 260 g/mol. The summed E-state index contributed by atoms with van der Waals surface area (Å²) < 4.78 is 0. The van der Waals surface area contributed by atoms with Crippen LogP contribution in [0.2, 0.25) is 0 Å². The zero-order valence-corrected chi connectivity index (χ0v) is 10.4. The Morgan fingerprint density at radius 3 is 2.28 bits per heavy atom. The second-order valence-corrected chi connectivity index (χ2v) is 4.08. The van der Waals surface area contributed by atoms with E-state index in [0.29, 0.717) is 12.8 Å². The van der Waals surface area contributed by atoms with Crippen LogP contribution in [0.1, 0.15) is 39.0 Å². The van der Waals surface area contributed by atoms with Crippen LogP contribution in [-0.2, 0) is 14.4 Å². The lowest BCUT2D eigenvalue weighted by Crippen LogP contribution is -2.48. The van der Waals surface area contributed by atoms with E-state index in [1.807, 2.05) is 6.92 Å². The first-order valence-electron chi connectivity index (χ1n) is 5.89. The van der Waals surface area contributed by atoms with Crippen molar-refractivity contribution < 1.29 is 24.6 Å². The van der Waals surface area contributed by atoms with Gasteiger partial charge in [0.2, 0.25) is 5.91 Å². The Morgan fingerprint density at radius 2 is 1.83 bits per heavy atom. The van der Waals surface area contributed by atoms with Crippen LogP contribution in [-0.4, -0.2) is 40.1 Å². The minimum absolute atomic E-state index is 0.0126. The first-order valence-corrected chi connectivity index (χ1v) is 5.89. The van der Waals surface area contributed by atoms with Gasteiger partial charge in [-0.3, -0.25) is 9.59 Å². The molecular formula is C11H20N2O5. The Labute approximate surface area is 105 Å². The molecule has 18 heavy (non-hydrogen) atoms. The van der Waals surface area contributed by atoms with Crippen LogP contribution in [0.3, 0.4) is 0 Å². The van der Waals surface area contributed by atoms with Crippen LogP contribution in [0.4, 0.5) is 0 Å². The lowest BCUT2D eigenvalue weighted by atomic mass is 10.1. The molecule has 0 rings (SSSR count). The number of nitrogens with two attached hydrogens (primary N) is 1. The molecule has 0 saturated heterocycles. The Morgan fingerprint density at radius 1 is 1.22 bits per heavy atom. The Balaban J connectivity index is 4.22. The predicted molar refractivity (Wildman–Crippen MR) is 63.9 cm³/mol. The number of carboxylic acid groups (broad SMARTS) is 2. The highest BCUT2D eigenvalue weighted by atomic mass is 16.4. The smallest absolute Gasteiger partial charge is 0.326 e. The van der Waals surface area contributed by atoms with Gasteiger partial charge in [0, 0.05) is 6.42 Å². The zero-order chi connectivity index (χ0) is 14.1. The molecule has 1 amide bonds. The van der Waals surface area contributed by atoms with Crippen molar-refractivity contribution in [3.8, 4) is 0 Å². The highest BCUT2D eigenvalue weighted by molar-refractivity contribution is 5.87. The van der Waals surface area contributed by atoms with Gasteiger partial charge in [-0.2, -0.15) is 0 Å². The number of aliphatic carboxylic acids is 2. The van der Waals surface area contributed by atoms with Crippen LogP contribution in [0, 0.1) is 0 Å². The maximum atomic E-state index is 11.5. The van der Waals surface area contributed by atoms with E-state index in [1.54, 1.807) is 0 Å². The van der Waals surface area contributed by atoms with Gasteiger partial charge in [-0.1, -0.05) is 19.8 Å². The fraction of sp³-hybridized carbons (Fsp3) is 0.727. The Bertz CT molecular complexity index is 306. The van der Waals surface area contributed by atoms with Gasteiger partial charge in [0.1, 0.15) is 6.04 Å². The largest absolute Gasteiger partial charge is 0.481 e. The summed E-state index contributed by atoms with van der Waals surface area (Å²) in [4.78, 5) is 32.7. The number of hydrogen-bond donors (Lipinski definition) is 4. The molecule has 0 unspecified atom stereocenters. The van der Waals surface area contributed by atoms with Crippen LogP contribution in [0.25, 0.3) is 0 Å². The molecule has 0 aromatic carbocycles. The van der Waals surface area contributed by atoms with Crippen molar-refractivity contribution in [3.63, 3.8) is 0 Å². The number of hydrogen-bond acceptors (Lipinski definition) is 4. The van der Waals surface area contributed by atoms with E-state index >= 15 is 0 Å². The second kappa shape index (κ2) is 8.46. The molecule has 0 aliphatic heterocycles. The summed E-state index contributed by atoms with van der Waals surface area (Å²) in [7, 11) is 0. The Kier molecular flexibility index (Phi) is 7.69. The molecular weight excluding hydrogens is 240 g/mol. The van der Waals surface area contributed by atoms with E-state index in [2.05, 4.69) is 5.32 Å². The summed E-state index contributed by atoms with van der Waals surface area (Å²) in [6.45, 7) is 1.92. The van der Waals surface area contributed by atoms with Crippen molar-refractivity contribution in [1.29, 1.82) is 0 Å². The molecule has 0 aromatic heterocycles. The summed E-state index contributed by atoms with van der Waals surface area (Å²) in [6, 6.07) is -1.96. The fourth-order valence-electron chi connectivity index (χ4n) is 1.35. The van der Waals surface area contributed by atoms with Crippen molar-refractivity contribution in [1.82, 2.24) is 5.32 Å². The number of carbonyl (C=O) groups is 3. The molecule has 0 aromatic rings. The molecule has 0 aliphatic rings. The summed E-state index contributed by atoms with van der Waals surface area (Å²) in [5.74, 6) is -2.78. The molecule has 7 heteroatoms. The van der Waals surface area contributed by atoms with E-state index in [4.69, 9.17) is 15.9 Å². The van der Waals surface area contributed by atoms with Crippen LogP contribution >= 0.6 is 0 Å². The van der Waals surface area contributed by atoms with Gasteiger partial charge in [0.05, 0.1) is 6.04 Å². The number of rotatable bonds is 9. The topological polar surface area (TPSA) is 130 Å². The van der Waals surface area contributed by atoms with E-state index < -0.39 is 29.9 Å². The van der Waals surface area contributed by atoms with Crippen LogP contribution < -0.4 is 11.1 Å². The maximum Gasteiger partial charge on any atom is 0.326 e. The summed E-state index contributed by atoms with van der Waals surface area (Å²) in [5, 5.41) is 19.7. The van der Waals surface area contributed by atoms with E-state index in [0.717, 1.165) is 6.42 Å². The lowest BCUT2D eigenvalue weighted by Gasteiger charge is -2.17. The first-order chi connectivity index (χ1) is 8.38. The van der Waals surface area contributed by atoms with Crippen molar-refractivity contribution in [2.45, 2.75) is 51.1 Å². The molecule has 5 N–H and O–H groups in total. The zero-order valence-electron chi connectivity index (χ0n) is 10.4. The first kappa shape index (κ1) is 16.4. The third-order valence-corrected chi connectivity index (χ3v) is 2.47.